The summed E-state index contributed by atoms with van der Waals surface area (Å²) in [4.78, 5) is 11.6. The maximum atomic E-state index is 11.6. The van der Waals surface area contributed by atoms with E-state index in [9.17, 15) is 4.79 Å². The summed E-state index contributed by atoms with van der Waals surface area (Å²) in [6.07, 6.45) is 1.59. The minimum Gasteiger partial charge on any atom is -0.373 e. The van der Waals surface area contributed by atoms with E-state index in [-0.39, 0.29) is 23.7 Å². The third-order valence-corrected chi connectivity index (χ3v) is 3.93. The Morgan fingerprint density at radius 1 is 1.37 bits per heavy atom. The standard InChI is InChI=1S/C15H19NO3/c1-11-14(17)16-15(10-19-11)7-13(8-15)18-9-12-5-3-2-4-6-12/h2-6,11,13H,7-10H2,1H3,(H,16,17). The van der Waals surface area contributed by atoms with Crippen LogP contribution < -0.4 is 5.32 Å². The van der Waals surface area contributed by atoms with Gasteiger partial charge in [-0.1, -0.05) is 30.3 Å². The number of rotatable bonds is 3. The first-order valence-electron chi connectivity index (χ1n) is 6.76. The summed E-state index contributed by atoms with van der Waals surface area (Å²) < 4.78 is 11.3. The fourth-order valence-electron chi connectivity index (χ4n) is 2.70. The summed E-state index contributed by atoms with van der Waals surface area (Å²) in [6.45, 7) is 3.02. The van der Waals surface area contributed by atoms with Gasteiger partial charge in [0, 0.05) is 0 Å². The largest absolute Gasteiger partial charge is 0.373 e. The Balaban J connectivity index is 1.47. The molecule has 1 unspecified atom stereocenters. The molecule has 1 atom stereocenters. The predicted octanol–water partition coefficient (Wildman–Crippen LogP) is 1.64. The van der Waals surface area contributed by atoms with Crippen LogP contribution in [0, 0.1) is 0 Å². The molecule has 2 aliphatic rings. The molecule has 0 bridgehead atoms. The number of morpholine rings is 1. The number of amides is 1. The summed E-state index contributed by atoms with van der Waals surface area (Å²) in [7, 11) is 0. The van der Waals surface area contributed by atoms with Gasteiger partial charge in [-0.05, 0) is 25.3 Å². The summed E-state index contributed by atoms with van der Waals surface area (Å²) in [6, 6.07) is 10.1. The van der Waals surface area contributed by atoms with Crippen LogP contribution in [0.3, 0.4) is 0 Å². The number of hydrogen-bond acceptors (Lipinski definition) is 3. The number of carbonyl (C=O) groups excluding carboxylic acids is 1. The maximum absolute atomic E-state index is 11.6. The van der Waals surface area contributed by atoms with E-state index in [0.29, 0.717) is 13.2 Å². The molecule has 4 nitrogen and oxygen atoms in total. The van der Waals surface area contributed by atoms with Crippen molar-refractivity contribution in [1.29, 1.82) is 0 Å². The zero-order valence-electron chi connectivity index (χ0n) is 11.1. The number of nitrogens with one attached hydrogen (secondary N) is 1. The molecular weight excluding hydrogens is 242 g/mol. The van der Waals surface area contributed by atoms with Gasteiger partial charge in [0.1, 0.15) is 6.10 Å². The van der Waals surface area contributed by atoms with Gasteiger partial charge in [0.2, 0.25) is 5.91 Å². The molecule has 1 aromatic rings. The van der Waals surface area contributed by atoms with Crippen LogP contribution in [0.25, 0.3) is 0 Å². The Morgan fingerprint density at radius 2 is 2.11 bits per heavy atom. The lowest BCUT2D eigenvalue weighted by Gasteiger charge is -2.50. The van der Waals surface area contributed by atoms with Gasteiger partial charge >= 0.3 is 0 Å². The van der Waals surface area contributed by atoms with Crippen molar-refractivity contribution in [2.24, 2.45) is 0 Å². The van der Waals surface area contributed by atoms with Gasteiger partial charge in [-0.2, -0.15) is 0 Å². The molecule has 1 aromatic carbocycles. The lowest BCUT2D eigenvalue weighted by atomic mass is 9.74. The van der Waals surface area contributed by atoms with Crippen molar-refractivity contribution in [2.45, 2.75) is 44.1 Å². The van der Waals surface area contributed by atoms with Crippen LogP contribution in [0.15, 0.2) is 30.3 Å². The van der Waals surface area contributed by atoms with Crippen LogP contribution >= 0.6 is 0 Å². The van der Waals surface area contributed by atoms with Crippen LogP contribution in [0.5, 0.6) is 0 Å². The fraction of sp³-hybridized carbons (Fsp3) is 0.533. The minimum atomic E-state index is -0.324. The van der Waals surface area contributed by atoms with E-state index >= 15 is 0 Å². The quantitative estimate of drug-likeness (QED) is 0.899. The van der Waals surface area contributed by atoms with Gasteiger partial charge in [0.25, 0.3) is 0 Å². The molecule has 0 aromatic heterocycles. The van der Waals surface area contributed by atoms with E-state index in [1.54, 1.807) is 6.92 Å². The number of carbonyl (C=O) groups is 1. The van der Waals surface area contributed by atoms with Crippen molar-refractivity contribution < 1.29 is 14.3 Å². The Morgan fingerprint density at radius 3 is 2.79 bits per heavy atom. The minimum absolute atomic E-state index is 0.00670. The molecule has 19 heavy (non-hydrogen) atoms. The molecule has 1 saturated carbocycles. The molecule has 2 fully saturated rings. The molecule has 1 N–H and O–H groups in total. The van der Waals surface area contributed by atoms with Gasteiger partial charge < -0.3 is 14.8 Å². The molecule has 4 heteroatoms. The summed E-state index contributed by atoms with van der Waals surface area (Å²) >= 11 is 0. The van der Waals surface area contributed by atoms with Crippen molar-refractivity contribution >= 4 is 5.91 Å². The predicted molar refractivity (Wildman–Crippen MR) is 70.5 cm³/mol. The molecule has 0 radical (unpaired) electrons. The molecule has 1 aliphatic carbocycles. The van der Waals surface area contributed by atoms with Gasteiger partial charge in [0.15, 0.2) is 0 Å². The molecule has 1 aliphatic heterocycles. The first-order chi connectivity index (χ1) is 9.17. The lowest BCUT2D eigenvalue weighted by Crippen LogP contribution is -2.67. The highest BCUT2D eigenvalue weighted by Gasteiger charge is 2.49. The monoisotopic (exact) mass is 261 g/mol. The highest BCUT2D eigenvalue weighted by atomic mass is 16.5. The Kier molecular flexibility index (Phi) is 3.29. The lowest BCUT2D eigenvalue weighted by molar-refractivity contribution is -0.160. The first-order valence-corrected chi connectivity index (χ1v) is 6.76. The molecular formula is C15H19NO3. The van der Waals surface area contributed by atoms with Gasteiger partial charge in [0.05, 0.1) is 24.9 Å². The SMILES string of the molecule is CC1OCC2(CC(OCc3ccccc3)C2)NC1=O. The van der Waals surface area contributed by atoms with Gasteiger partial charge in [-0.25, -0.2) is 0 Å². The second-order valence-corrected chi connectivity index (χ2v) is 5.55. The number of ether oxygens (including phenoxy) is 2. The average molecular weight is 261 g/mol. The third kappa shape index (κ3) is 2.65. The smallest absolute Gasteiger partial charge is 0.249 e. The number of benzene rings is 1. The van der Waals surface area contributed by atoms with E-state index in [4.69, 9.17) is 9.47 Å². The fourth-order valence-corrected chi connectivity index (χ4v) is 2.70. The molecule has 1 saturated heterocycles. The summed E-state index contributed by atoms with van der Waals surface area (Å²) in [5.41, 5.74) is 1.01. The Hall–Kier alpha value is -1.39. The van der Waals surface area contributed by atoms with Crippen molar-refractivity contribution in [3.63, 3.8) is 0 Å². The van der Waals surface area contributed by atoms with E-state index < -0.39 is 0 Å². The van der Waals surface area contributed by atoms with Gasteiger partial charge in [-0.3, -0.25) is 4.79 Å². The van der Waals surface area contributed by atoms with Crippen LogP contribution in [0.2, 0.25) is 0 Å². The summed E-state index contributed by atoms with van der Waals surface area (Å²) in [5, 5.41) is 3.06. The second kappa shape index (κ2) is 4.94. The van der Waals surface area contributed by atoms with Crippen molar-refractivity contribution in [1.82, 2.24) is 5.32 Å². The normalized spacial score (nSPS) is 33.8. The number of hydrogen-bond donors (Lipinski definition) is 1. The zero-order valence-corrected chi connectivity index (χ0v) is 11.1. The third-order valence-electron chi connectivity index (χ3n) is 3.93. The van der Waals surface area contributed by atoms with Crippen molar-refractivity contribution in [3.8, 4) is 0 Å². The first kappa shape index (κ1) is 12.6. The molecule has 102 valence electrons. The van der Waals surface area contributed by atoms with Crippen molar-refractivity contribution in [2.75, 3.05) is 6.61 Å². The molecule has 1 spiro atoms. The summed E-state index contributed by atoms with van der Waals surface area (Å²) in [5.74, 6) is -0.00670. The van der Waals surface area contributed by atoms with Crippen LogP contribution in [-0.4, -0.2) is 30.3 Å². The average Bonchev–Trinajstić information content (AvgIpc) is 2.39. The Labute approximate surface area is 113 Å². The van der Waals surface area contributed by atoms with Crippen LogP contribution in [0.4, 0.5) is 0 Å². The van der Waals surface area contributed by atoms with Crippen molar-refractivity contribution in [3.05, 3.63) is 35.9 Å². The van der Waals surface area contributed by atoms with E-state index in [2.05, 4.69) is 17.4 Å². The van der Waals surface area contributed by atoms with E-state index in [0.717, 1.165) is 12.8 Å². The molecule has 1 heterocycles. The zero-order chi connectivity index (χ0) is 13.3. The maximum Gasteiger partial charge on any atom is 0.249 e. The van der Waals surface area contributed by atoms with Crippen LogP contribution in [-0.2, 0) is 20.9 Å². The highest BCUT2D eigenvalue weighted by Crippen LogP contribution is 2.37. The van der Waals surface area contributed by atoms with E-state index in [1.165, 1.54) is 5.56 Å². The van der Waals surface area contributed by atoms with E-state index in [1.807, 2.05) is 18.2 Å². The molecule has 3 rings (SSSR count). The highest BCUT2D eigenvalue weighted by molar-refractivity contribution is 5.82. The van der Waals surface area contributed by atoms with Crippen LogP contribution in [0.1, 0.15) is 25.3 Å². The van der Waals surface area contributed by atoms with Gasteiger partial charge in [-0.15, -0.1) is 0 Å². The second-order valence-electron chi connectivity index (χ2n) is 5.55. The Bertz CT molecular complexity index is 454. The topological polar surface area (TPSA) is 47.6 Å². The molecule has 1 amide bonds.